The van der Waals surface area contributed by atoms with Gasteiger partial charge in [0.15, 0.2) is 0 Å². The van der Waals surface area contributed by atoms with E-state index in [1.165, 1.54) is 0 Å². The highest BCUT2D eigenvalue weighted by atomic mass is 16.5. The number of nitrogens with zero attached hydrogens (tertiary/aromatic N) is 3. The molecule has 0 aromatic carbocycles. The van der Waals surface area contributed by atoms with Gasteiger partial charge >= 0.3 is 0 Å². The maximum Gasteiger partial charge on any atom is 0.225 e. The first-order chi connectivity index (χ1) is 8.83. The maximum absolute atomic E-state index is 5.68. The Balaban J connectivity index is 1.97. The number of anilines is 1. The lowest BCUT2D eigenvalue weighted by Crippen LogP contribution is -2.40. The van der Waals surface area contributed by atoms with Gasteiger partial charge in [0, 0.05) is 32.1 Å². The molecule has 1 aromatic rings. The van der Waals surface area contributed by atoms with Crippen LogP contribution < -0.4 is 10.6 Å². The lowest BCUT2D eigenvalue weighted by atomic mass is 10.1. The summed E-state index contributed by atoms with van der Waals surface area (Å²) in [5.74, 6) is 0.806. The number of hydrogen-bond acceptors (Lipinski definition) is 5. The number of ether oxygens (including phenoxy) is 1. The second kappa shape index (κ2) is 6.66. The summed E-state index contributed by atoms with van der Waals surface area (Å²) >= 11 is 0. The minimum Gasteiger partial charge on any atom is -0.377 e. The van der Waals surface area contributed by atoms with Gasteiger partial charge < -0.3 is 15.4 Å². The van der Waals surface area contributed by atoms with Crippen molar-refractivity contribution in [1.82, 2.24) is 9.97 Å². The standard InChI is InChI=1S/C13H22N4O/c1-2-18-12-4-3-7-17(10-12)13-15-8-11(5-6-14)9-16-13/h8-9,12H,2-7,10,14H2,1H3. The number of hydrogen-bond donors (Lipinski definition) is 1. The molecule has 5 heteroatoms. The predicted octanol–water partition coefficient (Wildman–Crippen LogP) is 0.983. The molecule has 0 radical (unpaired) electrons. The van der Waals surface area contributed by atoms with Crippen molar-refractivity contribution in [2.24, 2.45) is 5.73 Å². The Kier molecular flexibility index (Phi) is 4.90. The minimum absolute atomic E-state index is 0.316. The third-order valence-electron chi connectivity index (χ3n) is 3.19. The van der Waals surface area contributed by atoms with Crippen LogP contribution in [0.25, 0.3) is 0 Å². The van der Waals surface area contributed by atoms with Gasteiger partial charge in [0.25, 0.3) is 0 Å². The SMILES string of the molecule is CCOC1CCCN(c2ncc(CCN)cn2)C1. The molecule has 0 bridgehead atoms. The Labute approximate surface area is 108 Å². The zero-order valence-electron chi connectivity index (χ0n) is 11.0. The van der Waals surface area contributed by atoms with Crippen LogP contribution in [-0.2, 0) is 11.2 Å². The van der Waals surface area contributed by atoms with Gasteiger partial charge in [-0.15, -0.1) is 0 Å². The van der Waals surface area contributed by atoms with Crippen molar-refractivity contribution in [3.05, 3.63) is 18.0 Å². The molecule has 1 aliphatic rings. The lowest BCUT2D eigenvalue weighted by molar-refractivity contribution is 0.0523. The van der Waals surface area contributed by atoms with Gasteiger partial charge in [-0.05, 0) is 38.3 Å². The van der Waals surface area contributed by atoms with Crippen molar-refractivity contribution >= 4 is 5.95 Å². The van der Waals surface area contributed by atoms with Crippen LogP contribution in [0, 0.1) is 0 Å². The zero-order valence-corrected chi connectivity index (χ0v) is 11.0. The second-order valence-corrected chi connectivity index (χ2v) is 4.60. The van der Waals surface area contributed by atoms with Crippen LogP contribution in [0.5, 0.6) is 0 Å². The number of nitrogens with two attached hydrogens (primary N) is 1. The first kappa shape index (κ1) is 13.2. The fourth-order valence-corrected chi connectivity index (χ4v) is 2.30. The topological polar surface area (TPSA) is 64.3 Å². The number of aromatic nitrogens is 2. The van der Waals surface area contributed by atoms with Gasteiger partial charge in [-0.1, -0.05) is 0 Å². The molecule has 0 saturated carbocycles. The molecule has 100 valence electrons. The lowest BCUT2D eigenvalue weighted by Gasteiger charge is -2.32. The van der Waals surface area contributed by atoms with E-state index in [9.17, 15) is 0 Å². The van der Waals surface area contributed by atoms with Crippen LogP contribution in [0.2, 0.25) is 0 Å². The highest BCUT2D eigenvalue weighted by molar-refractivity contribution is 5.31. The average Bonchev–Trinajstić information content (AvgIpc) is 2.41. The van der Waals surface area contributed by atoms with Crippen molar-refractivity contribution in [1.29, 1.82) is 0 Å². The van der Waals surface area contributed by atoms with Crippen LogP contribution in [0.15, 0.2) is 12.4 Å². The normalized spacial score (nSPS) is 20.1. The van der Waals surface area contributed by atoms with Crippen molar-refractivity contribution in [3.63, 3.8) is 0 Å². The molecule has 1 aliphatic heterocycles. The number of rotatable bonds is 5. The highest BCUT2D eigenvalue weighted by Crippen LogP contribution is 2.17. The zero-order chi connectivity index (χ0) is 12.8. The maximum atomic E-state index is 5.68. The molecule has 2 N–H and O–H groups in total. The van der Waals surface area contributed by atoms with E-state index in [1.54, 1.807) is 0 Å². The molecule has 2 heterocycles. The fourth-order valence-electron chi connectivity index (χ4n) is 2.30. The van der Waals surface area contributed by atoms with E-state index in [2.05, 4.69) is 14.9 Å². The molecule has 1 saturated heterocycles. The summed E-state index contributed by atoms with van der Waals surface area (Å²) in [4.78, 5) is 11.0. The first-order valence-corrected chi connectivity index (χ1v) is 6.71. The summed E-state index contributed by atoms with van der Waals surface area (Å²) in [7, 11) is 0. The van der Waals surface area contributed by atoms with E-state index in [-0.39, 0.29) is 0 Å². The molecule has 0 aliphatic carbocycles. The monoisotopic (exact) mass is 250 g/mol. The molecule has 0 amide bonds. The summed E-state index contributed by atoms with van der Waals surface area (Å²) in [6.07, 6.45) is 7.17. The molecular weight excluding hydrogens is 228 g/mol. The van der Waals surface area contributed by atoms with E-state index in [0.717, 1.165) is 50.5 Å². The third kappa shape index (κ3) is 3.40. The molecule has 0 spiro atoms. The van der Waals surface area contributed by atoms with Crippen molar-refractivity contribution < 1.29 is 4.74 Å². The second-order valence-electron chi connectivity index (χ2n) is 4.60. The molecular formula is C13H22N4O. The van der Waals surface area contributed by atoms with E-state index in [0.29, 0.717) is 12.6 Å². The van der Waals surface area contributed by atoms with Crippen molar-refractivity contribution in [2.75, 3.05) is 31.1 Å². The first-order valence-electron chi connectivity index (χ1n) is 6.71. The Hall–Kier alpha value is -1.20. The summed E-state index contributed by atoms with van der Waals surface area (Å²) in [6.45, 7) is 5.36. The Morgan fingerprint density at radius 1 is 1.44 bits per heavy atom. The van der Waals surface area contributed by atoms with Crippen LogP contribution in [0.3, 0.4) is 0 Å². The minimum atomic E-state index is 0.316. The van der Waals surface area contributed by atoms with Gasteiger partial charge in [-0.3, -0.25) is 0 Å². The Morgan fingerprint density at radius 3 is 2.89 bits per heavy atom. The van der Waals surface area contributed by atoms with Gasteiger partial charge in [0.2, 0.25) is 5.95 Å². The van der Waals surface area contributed by atoms with Crippen molar-refractivity contribution in [3.8, 4) is 0 Å². The highest BCUT2D eigenvalue weighted by Gasteiger charge is 2.21. The Morgan fingerprint density at radius 2 is 2.22 bits per heavy atom. The average molecular weight is 250 g/mol. The van der Waals surface area contributed by atoms with E-state index < -0.39 is 0 Å². The molecule has 1 aromatic heterocycles. The summed E-state index contributed by atoms with van der Waals surface area (Å²) in [5, 5.41) is 0. The summed E-state index contributed by atoms with van der Waals surface area (Å²) in [6, 6.07) is 0. The quantitative estimate of drug-likeness (QED) is 0.844. The van der Waals surface area contributed by atoms with Gasteiger partial charge in [-0.25, -0.2) is 9.97 Å². The fraction of sp³-hybridized carbons (Fsp3) is 0.692. The third-order valence-corrected chi connectivity index (χ3v) is 3.19. The summed E-state index contributed by atoms with van der Waals surface area (Å²) in [5.41, 5.74) is 6.61. The summed E-state index contributed by atoms with van der Waals surface area (Å²) < 4.78 is 5.68. The van der Waals surface area contributed by atoms with E-state index in [4.69, 9.17) is 10.5 Å². The largest absolute Gasteiger partial charge is 0.377 e. The number of piperidine rings is 1. The molecule has 2 rings (SSSR count). The molecule has 1 atom stereocenters. The molecule has 1 fully saturated rings. The predicted molar refractivity (Wildman–Crippen MR) is 71.7 cm³/mol. The molecule has 1 unspecified atom stereocenters. The van der Waals surface area contributed by atoms with Crippen LogP contribution in [-0.4, -0.2) is 42.3 Å². The van der Waals surface area contributed by atoms with Gasteiger partial charge in [-0.2, -0.15) is 0 Å². The Bertz CT molecular complexity index is 353. The van der Waals surface area contributed by atoms with Crippen LogP contribution in [0.4, 0.5) is 5.95 Å². The van der Waals surface area contributed by atoms with Crippen LogP contribution >= 0.6 is 0 Å². The molecule has 18 heavy (non-hydrogen) atoms. The van der Waals surface area contributed by atoms with E-state index in [1.807, 2.05) is 19.3 Å². The van der Waals surface area contributed by atoms with Crippen molar-refractivity contribution in [2.45, 2.75) is 32.3 Å². The smallest absolute Gasteiger partial charge is 0.225 e. The van der Waals surface area contributed by atoms with Crippen LogP contribution in [0.1, 0.15) is 25.3 Å². The molecule has 5 nitrogen and oxygen atoms in total. The van der Waals surface area contributed by atoms with Gasteiger partial charge in [0.05, 0.1) is 6.10 Å². The van der Waals surface area contributed by atoms with E-state index >= 15 is 0 Å². The van der Waals surface area contributed by atoms with Gasteiger partial charge in [0.1, 0.15) is 0 Å².